The minimum atomic E-state index is 0.0536. The second-order valence-corrected chi connectivity index (χ2v) is 13.7. The molecule has 0 saturated heterocycles. The maximum absolute atomic E-state index is 4.94. The van der Waals surface area contributed by atoms with E-state index in [0.29, 0.717) is 17.5 Å². The van der Waals surface area contributed by atoms with Gasteiger partial charge in [-0.15, -0.1) is 0 Å². The first-order chi connectivity index (χ1) is 21.6. The van der Waals surface area contributed by atoms with Crippen molar-refractivity contribution in [2.24, 2.45) is 5.41 Å². The molecule has 0 atom stereocenters. The van der Waals surface area contributed by atoms with Crippen molar-refractivity contribution in [1.82, 2.24) is 19.9 Å². The Bertz CT molecular complexity index is 1950. The van der Waals surface area contributed by atoms with Gasteiger partial charge in [0.1, 0.15) is 0 Å². The lowest BCUT2D eigenvalue weighted by Crippen LogP contribution is -2.42. The summed E-state index contributed by atoms with van der Waals surface area (Å²) in [5, 5.41) is 0. The van der Waals surface area contributed by atoms with Gasteiger partial charge in [0.2, 0.25) is 0 Å². The highest BCUT2D eigenvalue weighted by atomic mass is 15.0. The normalized spacial score (nSPS) is 15.9. The third kappa shape index (κ3) is 4.76. The second kappa shape index (κ2) is 10.6. The van der Waals surface area contributed by atoms with Crippen LogP contribution in [0.3, 0.4) is 0 Å². The average Bonchev–Trinajstić information content (AvgIpc) is 3.18. The van der Waals surface area contributed by atoms with E-state index in [0.717, 1.165) is 39.1 Å². The molecule has 4 nitrogen and oxygen atoms in total. The van der Waals surface area contributed by atoms with Crippen LogP contribution >= 0.6 is 0 Å². The van der Waals surface area contributed by atoms with Crippen molar-refractivity contribution in [3.63, 3.8) is 0 Å². The number of aromatic nitrogens is 4. The van der Waals surface area contributed by atoms with Gasteiger partial charge in [-0.05, 0) is 51.1 Å². The molecule has 0 bridgehead atoms. The van der Waals surface area contributed by atoms with Crippen molar-refractivity contribution in [2.75, 3.05) is 0 Å². The minimum absolute atomic E-state index is 0.0536. The van der Waals surface area contributed by atoms with Crippen molar-refractivity contribution in [2.45, 2.75) is 52.4 Å². The molecule has 6 aromatic rings. The van der Waals surface area contributed by atoms with Gasteiger partial charge in [0.05, 0.1) is 5.69 Å². The summed E-state index contributed by atoms with van der Waals surface area (Å²) in [5.74, 6) is 1.95. The van der Waals surface area contributed by atoms with Gasteiger partial charge in [0.25, 0.3) is 0 Å². The summed E-state index contributed by atoms with van der Waals surface area (Å²) in [6.07, 6.45) is 1.97. The fraction of sp³-hybridized carbons (Fsp3) is 0.220. The summed E-state index contributed by atoms with van der Waals surface area (Å²) in [4.78, 5) is 19.6. The van der Waals surface area contributed by atoms with E-state index in [1.54, 1.807) is 0 Å². The summed E-state index contributed by atoms with van der Waals surface area (Å²) >= 11 is 0. The zero-order valence-corrected chi connectivity index (χ0v) is 26.8. The minimum Gasteiger partial charge on any atom is -0.256 e. The Morgan fingerprint density at radius 1 is 0.400 bits per heavy atom. The monoisotopic (exact) mass is 586 g/mol. The van der Waals surface area contributed by atoms with Crippen molar-refractivity contribution in [1.29, 1.82) is 0 Å². The van der Waals surface area contributed by atoms with Crippen LogP contribution in [-0.4, -0.2) is 19.9 Å². The largest absolute Gasteiger partial charge is 0.256 e. The Kier molecular flexibility index (Phi) is 6.77. The topological polar surface area (TPSA) is 51.6 Å². The average molecular weight is 587 g/mol. The van der Waals surface area contributed by atoms with E-state index < -0.39 is 0 Å². The molecule has 45 heavy (non-hydrogen) atoms. The first-order valence-electron chi connectivity index (χ1n) is 15.7. The van der Waals surface area contributed by atoms with E-state index in [4.69, 9.17) is 19.9 Å². The van der Waals surface area contributed by atoms with Gasteiger partial charge in [-0.3, -0.25) is 4.98 Å². The van der Waals surface area contributed by atoms with E-state index >= 15 is 0 Å². The van der Waals surface area contributed by atoms with Crippen LogP contribution in [-0.2, 0) is 10.8 Å². The van der Waals surface area contributed by atoms with Gasteiger partial charge in [-0.2, -0.15) is 0 Å². The highest BCUT2D eigenvalue weighted by molar-refractivity contribution is 5.74. The highest BCUT2D eigenvalue weighted by Gasteiger charge is 2.56. The zero-order chi connectivity index (χ0) is 31.4. The van der Waals surface area contributed by atoms with Crippen molar-refractivity contribution < 1.29 is 0 Å². The van der Waals surface area contributed by atoms with Crippen molar-refractivity contribution in [3.05, 3.63) is 133 Å². The van der Waals surface area contributed by atoms with Crippen LogP contribution in [0.25, 0.3) is 56.5 Å². The molecule has 0 aliphatic heterocycles. The van der Waals surface area contributed by atoms with Gasteiger partial charge >= 0.3 is 0 Å². The smallest absolute Gasteiger partial charge is 0.164 e. The third-order valence-corrected chi connectivity index (χ3v) is 10.7. The molecule has 0 radical (unpaired) electrons. The third-order valence-electron chi connectivity index (χ3n) is 10.7. The van der Waals surface area contributed by atoms with Crippen LogP contribution < -0.4 is 0 Å². The van der Waals surface area contributed by atoms with E-state index in [1.807, 2.05) is 66.9 Å². The SMILES string of the molecule is CC1(C)c2ccc(-c3ccc(-c4cccc(-c5nc(-c6ccccc6)nc(-c6ccccc6)n5)c4)cn3)cc2C(C)(C)C1(C)C. The van der Waals surface area contributed by atoms with Crippen molar-refractivity contribution >= 4 is 0 Å². The molecular formula is C41H38N4. The molecule has 7 rings (SSSR count). The standard InChI is InChI=1S/C41H38N4/c1-39(2)33-22-20-30(25-34(33)40(3,4)41(39,5)6)35-23-21-32(26-42-35)29-18-13-19-31(24-29)38-44-36(27-14-9-7-10-15-27)43-37(45-38)28-16-11-8-12-17-28/h7-26H,1-6H3. The maximum Gasteiger partial charge on any atom is 0.164 e. The first-order valence-corrected chi connectivity index (χ1v) is 15.7. The number of nitrogens with zero attached hydrogens (tertiary/aromatic N) is 4. The highest BCUT2D eigenvalue weighted by Crippen LogP contribution is 2.61. The Hall–Kier alpha value is -4.96. The predicted molar refractivity (Wildman–Crippen MR) is 185 cm³/mol. The van der Waals surface area contributed by atoms with Crippen LogP contribution in [0, 0.1) is 5.41 Å². The van der Waals surface area contributed by atoms with Gasteiger partial charge in [-0.1, -0.05) is 139 Å². The molecule has 2 heterocycles. The van der Waals surface area contributed by atoms with Gasteiger partial charge in [0, 0.05) is 34.0 Å². The Balaban J connectivity index is 1.23. The van der Waals surface area contributed by atoms with Gasteiger partial charge < -0.3 is 0 Å². The van der Waals surface area contributed by atoms with Crippen molar-refractivity contribution in [3.8, 4) is 56.5 Å². The molecule has 2 aromatic heterocycles. The van der Waals surface area contributed by atoms with Crippen LogP contribution in [0.2, 0.25) is 0 Å². The Morgan fingerprint density at radius 3 is 1.49 bits per heavy atom. The molecule has 0 saturated carbocycles. The zero-order valence-electron chi connectivity index (χ0n) is 26.8. The second-order valence-electron chi connectivity index (χ2n) is 13.7. The van der Waals surface area contributed by atoms with E-state index in [2.05, 4.69) is 96.1 Å². The molecule has 0 unspecified atom stereocenters. The summed E-state index contributed by atoms with van der Waals surface area (Å²) in [6, 6.07) is 39.7. The Morgan fingerprint density at radius 2 is 0.911 bits per heavy atom. The van der Waals surface area contributed by atoms with Crippen LogP contribution in [0.4, 0.5) is 0 Å². The molecule has 1 aliphatic carbocycles. The number of fused-ring (bicyclic) bond motifs is 1. The van der Waals surface area contributed by atoms with E-state index in [9.17, 15) is 0 Å². The fourth-order valence-corrected chi connectivity index (χ4v) is 6.73. The summed E-state index contributed by atoms with van der Waals surface area (Å²) in [7, 11) is 0. The number of benzene rings is 4. The lowest BCUT2D eigenvalue weighted by atomic mass is 9.59. The lowest BCUT2D eigenvalue weighted by molar-refractivity contribution is 0.125. The van der Waals surface area contributed by atoms with Gasteiger partial charge in [0.15, 0.2) is 17.5 Å². The first kappa shape index (κ1) is 28.8. The number of rotatable bonds is 5. The molecule has 0 spiro atoms. The quantitative estimate of drug-likeness (QED) is 0.202. The maximum atomic E-state index is 4.94. The summed E-state index contributed by atoms with van der Waals surface area (Å²) in [5.41, 5.74) is 10.2. The molecule has 1 aliphatic rings. The van der Waals surface area contributed by atoms with Crippen LogP contribution in [0.15, 0.2) is 121 Å². The fourth-order valence-electron chi connectivity index (χ4n) is 6.73. The Labute approximate surface area is 266 Å². The van der Waals surface area contributed by atoms with Gasteiger partial charge in [-0.25, -0.2) is 15.0 Å². The molecule has 0 N–H and O–H groups in total. The number of hydrogen-bond acceptors (Lipinski definition) is 4. The molecule has 4 heteroatoms. The molecule has 4 aromatic carbocycles. The predicted octanol–water partition coefficient (Wildman–Crippen LogP) is 10.2. The summed E-state index contributed by atoms with van der Waals surface area (Å²) in [6.45, 7) is 14.3. The lowest BCUT2D eigenvalue weighted by Gasteiger charge is -2.44. The van der Waals surface area contributed by atoms with E-state index in [1.165, 1.54) is 11.1 Å². The van der Waals surface area contributed by atoms with Crippen LogP contribution in [0.5, 0.6) is 0 Å². The molecule has 0 amide bonds. The molecular weight excluding hydrogens is 548 g/mol. The summed E-state index contributed by atoms with van der Waals surface area (Å²) < 4.78 is 0. The number of hydrogen-bond donors (Lipinski definition) is 0. The number of pyridine rings is 1. The molecule has 222 valence electrons. The van der Waals surface area contributed by atoms with E-state index in [-0.39, 0.29) is 16.2 Å². The molecule has 0 fully saturated rings. The van der Waals surface area contributed by atoms with Crippen LogP contribution in [0.1, 0.15) is 52.7 Å².